The SMILES string of the molecule is CN=C(NCc1ccc(Oc2c(OC)cccc2OC)nc1)N(C)Cc1cccn1C. The number of methoxy groups -OCH3 is 2. The van der Waals surface area contributed by atoms with Crippen molar-refractivity contribution in [3.63, 3.8) is 0 Å². The molecule has 0 saturated carbocycles. The maximum atomic E-state index is 5.92. The fourth-order valence-electron chi connectivity index (χ4n) is 3.14. The number of hydrogen-bond donors (Lipinski definition) is 1. The van der Waals surface area contributed by atoms with Crippen LogP contribution < -0.4 is 19.5 Å². The largest absolute Gasteiger partial charge is 0.493 e. The first-order valence-corrected chi connectivity index (χ1v) is 9.91. The number of aryl methyl sites for hydroxylation is 1. The van der Waals surface area contributed by atoms with E-state index in [1.165, 1.54) is 5.69 Å². The molecule has 0 unspecified atom stereocenters. The van der Waals surface area contributed by atoms with Crippen molar-refractivity contribution in [3.8, 4) is 23.1 Å². The van der Waals surface area contributed by atoms with Gasteiger partial charge < -0.3 is 29.0 Å². The Morgan fingerprint density at radius 3 is 2.39 bits per heavy atom. The Kier molecular flexibility index (Phi) is 7.37. The molecule has 0 radical (unpaired) electrons. The average molecular weight is 424 g/mol. The van der Waals surface area contributed by atoms with Gasteiger partial charge in [0.1, 0.15) is 0 Å². The van der Waals surface area contributed by atoms with Gasteiger partial charge in [0, 0.05) is 51.8 Å². The number of pyridine rings is 1. The predicted octanol–water partition coefficient (Wildman–Crippen LogP) is 3.44. The van der Waals surface area contributed by atoms with Crippen molar-refractivity contribution in [2.75, 3.05) is 28.3 Å². The number of para-hydroxylation sites is 1. The van der Waals surface area contributed by atoms with E-state index >= 15 is 0 Å². The monoisotopic (exact) mass is 423 g/mol. The molecule has 2 heterocycles. The summed E-state index contributed by atoms with van der Waals surface area (Å²) in [5.41, 5.74) is 2.22. The molecule has 8 nitrogen and oxygen atoms in total. The number of hydrogen-bond acceptors (Lipinski definition) is 5. The lowest BCUT2D eigenvalue weighted by molar-refractivity contribution is 0.342. The lowest BCUT2D eigenvalue weighted by atomic mass is 10.2. The second kappa shape index (κ2) is 10.4. The van der Waals surface area contributed by atoms with Crippen LogP contribution in [-0.2, 0) is 20.1 Å². The third-order valence-corrected chi connectivity index (χ3v) is 4.86. The fourth-order valence-corrected chi connectivity index (χ4v) is 3.14. The van der Waals surface area contributed by atoms with Crippen LogP contribution >= 0.6 is 0 Å². The van der Waals surface area contributed by atoms with Crippen LogP contribution in [0.1, 0.15) is 11.3 Å². The van der Waals surface area contributed by atoms with Gasteiger partial charge in [-0.05, 0) is 29.8 Å². The number of aliphatic imine (C=N–C) groups is 1. The lowest BCUT2D eigenvalue weighted by Crippen LogP contribution is -2.38. The van der Waals surface area contributed by atoms with Crippen LogP contribution in [0.4, 0.5) is 0 Å². The summed E-state index contributed by atoms with van der Waals surface area (Å²) in [6.07, 6.45) is 3.81. The van der Waals surface area contributed by atoms with Crippen LogP contribution in [0.2, 0.25) is 0 Å². The Morgan fingerprint density at radius 1 is 1.10 bits per heavy atom. The third kappa shape index (κ3) is 5.48. The first kappa shape index (κ1) is 22.0. The number of guanidine groups is 1. The fraction of sp³-hybridized carbons (Fsp3) is 0.304. The van der Waals surface area contributed by atoms with Gasteiger partial charge in [0.2, 0.25) is 11.6 Å². The van der Waals surface area contributed by atoms with E-state index in [9.17, 15) is 0 Å². The van der Waals surface area contributed by atoms with Gasteiger partial charge in [-0.2, -0.15) is 0 Å². The van der Waals surface area contributed by atoms with E-state index in [0.29, 0.717) is 29.7 Å². The first-order chi connectivity index (χ1) is 15.0. The highest BCUT2D eigenvalue weighted by molar-refractivity contribution is 5.79. The van der Waals surface area contributed by atoms with Crippen LogP contribution in [0.25, 0.3) is 0 Å². The van der Waals surface area contributed by atoms with Crippen molar-refractivity contribution < 1.29 is 14.2 Å². The molecule has 0 atom stereocenters. The van der Waals surface area contributed by atoms with Crippen molar-refractivity contribution in [1.29, 1.82) is 0 Å². The van der Waals surface area contributed by atoms with Crippen molar-refractivity contribution in [2.24, 2.45) is 12.0 Å². The Hall–Kier alpha value is -3.68. The molecule has 164 valence electrons. The quantitative estimate of drug-likeness (QED) is 0.442. The van der Waals surface area contributed by atoms with Crippen LogP contribution in [-0.4, -0.2) is 48.7 Å². The van der Waals surface area contributed by atoms with Crippen LogP contribution in [0.15, 0.2) is 59.9 Å². The molecule has 1 N–H and O–H groups in total. The second-order valence-electron chi connectivity index (χ2n) is 6.97. The van der Waals surface area contributed by atoms with Gasteiger partial charge in [0.25, 0.3) is 0 Å². The normalized spacial score (nSPS) is 11.2. The molecule has 8 heteroatoms. The smallest absolute Gasteiger partial charge is 0.219 e. The van der Waals surface area contributed by atoms with Gasteiger partial charge in [-0.3, -0.25) is 4.99 Å². The Morgan fingerprint density at radius 2 is 1.84 bits per heavy atom. The minimum Gasteiger partial charge on any atom is -0.493 e. The summed E-state index contributed by atoms with van der Waals surface area (Å²) in [5.74, 6) is 2.92. The highest BCUT2D eigenvalue weighted by atomic mass is 16.5. The summed E-state index contributed by atoms with van der Waals surface area (Å²) in [5, 5.41) is 3.37. The van der Waals surface area contributed by atoms with E-state index in [1.807, 2.05) is 56.7 Å². The van der Waals surface area contributed by atoms with E-state index in [2.05, 4.69) is 30.8 Å². The third-order valence-electron chi connectivity index (χ3n) is 4.86. The molecular formula is C23H29N5O3. The minimum absolute atomic E-state index is 0.455. The maximum Gasteiger partial charge on any atom is 0.219 e. The Bertz CT molecular complexity index is 992. The molecular weight excluding hydrogens is 394 g/mol. The number of ether oxygens (including phenoxy) is 3. The molecule has 0 aliphatic carbocycles. The lowest BCUT2D eigenvalue weighted by Gasteiger charge is -2.22. The van der Waals surface area contributed by atoms with E-state index < -0.39 is 0 Å². The predicted molar refractivity (Wildman–Crippen MR) is 121 cm³/mol. The summed E-state index contributed by atoms with van der Waals surface area (Å²) in [4.78, 5) is 10.9. The first-order valence-electron chi connectivity index (χ1n) is 9.91. The second-order valence-corrected chi connectivity index (χ2v) is 6.97. The molecule has 0 amide bonds. The van der Waals surface area contributed by atoms with Crippen LogP contribution in [0, 0.1) is 0 Å². The van der Waals surface area contributed by atoms with E-state index in [-0.39, 0.29) is 0 Å². The molecule has 0 bridgehead atoms. The van der Waals surface area contributed by atoms with Gasteiger partial charge in [-0.25, -0.2) is 4.98 Å². The number of nitrogens with one attached hydrogen (secondary N) is 1. The molecule has 2 aromatic heterocycles. The van der Waals surface area contributed by atoms with Crippen molar-refractivity contribution in [2.45, 2.75) is 13.1 Å². The van der Waals surface area contributed by atoms with Crippen molar-refractivity contribution in [3.05, 3.63) is 66.1 Å². The average Bonchev–Trinajstić information content (AvgIpc) is 3.19. The molecule has 1 aromatic carbocycles. The zero-order valence-electron chi connectivity index (χ0n) is 18.6. The summed E-state index contributed by atoms with van der Waals surface area (Å²) in [6, 6.07) is 13.4. The summed E-state index contributed by atoms with van der Waals surface area (Å²) in [7, 11) is 9.00. The molecule has 0 fully saturated rings. The van der Waals surface area contributed by atoms with Gasteiger partial charge in [-0.15, -0.1) is 0 Å². The zero-order chi connectivity index (χ0) is 22.2. The molecule has 31 heavy (non-hydrogen) atoms. The van der Waals surface area contributed by atoms with Crippen molar-refractivity contribution in [1.82, 2.24) is 19.8 Å². The Labute approximate surface area is 183 Å². The summed E-state index contributed by atoms with van der Waals surface area (Å²) < 4.78 is 18.7. The highest BCUT2D eigenvalue weighted by Gasteiger charge is 2.13. The molecule has 0 saturated heterocycles. The molecule has 3 rings (SSSR count). The highest BCUT2D eigenvalue weighted by Crippen LogP contribution is 2.39. The van der Waals surface area contributed by atoms with E-state index in [1.54, 1.807) is 27.5 Å². The van der Waals surface area contributed by atoms with Crippen LogP contribution in [0.5, 0.6) is 23.1 Å². The van der Waals surface area contributed by atoms with Crippen LogP contribution in [0.3, 0.4) is 0 Å². The summed E-state index contributed by atoms with van der Waals surface area (Å²) in [6.45, 7) is 1.35. The molecule has 0 spiro atoms. The number of nitrogens with zero attached hydrogens (tertiary/aromatic N) is 4. The topological polar surface area (TPSA) is 73.1 Å². The van der Waals surface area contributed by atoms with E-state index in [4.69, 9.17) is 14.2 Å². The van der Waals surface area contributed by atoms with E-state index in [0.717, 1.165) is 18.1 Å². The maximum absolute atomic E-state index is 5.92. The molecule has 0 aliphatic heterocycles. The number of benzene rings is 1. The van der Waals surface area contributed by atoms with Crippen molar-refractivity contribution >= 4 is 5.96 Å². The van der Waals surface area contributed by atoms with Gasteiger partial charge in [-0.1, -0.05) is 12.1 Å². The number of aromatic nitrogens is 2. The minimum atomic E-state index is 0.455. The van der Waals surface area contributed by atoms with Gasteiger partial charge in [0.15, 0.2) is 17.5 Å². The molecule has 0 aliphatic rings. The van der Waals surface area contributed by atoms with Gasteiger partial charge >= 0.3 is 0 Å². The standard InChI is InChI=1S/C23H29N5O3/c1-24-23(28(3)16-18-8-7-13-27(18)2)26-15-17-11-12-21(25-14-17)31-22-19(29-4)9-6-10-20(22)30-5/h6-14H,15-16H2,1-5H3,(H,24,26). The summed E-state index contributed by atoms with van der Waals surface area (Å²) >= 11 is 0. The van der Waals surface area contributed by atoms with Gasteiger partial charge in [0.05, 0.1) is 20.8 Å². The Balaban J connectivity index is 1.61. The molecule has 3 aromatic rings. The zero-order valence-corrected chi connectivity index (χ0v) is 18.6. The number of rotatable bonds is 8.